The molecule has 0 bridgehead atoms. The highest BCUT2D eigenvalue weighted by atomic mass is 35.5. The van der Waals surface area contributed by atoms with Gasteiger partial charge < -0.3 is 0 Å². The fourth-order valence-corrected chi connectivity index (χ4v) is 1.35. The monoisotopic (exact) mass is 200 g/mol. The molecule has 13 heavy (non-hydrogen) atoms. The van der Waals surface area contributed by atoms with Crippen LogP contribution in [-0.2, 0) is 6.42 Å². The van der Waals surface area contributed by atoms with Gasteiger partial charge in [-0.25, -0.2) is 4.39 Å². The maximum absolute atomic E-state index is 13.2. The van der Waals surface area contributed by atoms with E-state index in [1.54, 1.807) is 6.07 Å². The Hall–Kier alpha value is -0.890. The Balaban J connectivity index is 3.30. The summed E-state index contributed by atoms with van der Waals surface area (Å²) in [4.78, 5) is 11.0. The second kappa shape index (κ2) is 3.88. The third-order valence-electron chi connectivity index (χ3n) is 1.89. The van der Waals surface area contributed by atoms with Crippen LogP contribution in [-0.4, -0.2) is 5.78 Å². The second-order valence-electron chi connectivity index (χ2n) is 2.84. The SMILES string of the molecule is CCc1cc(C(C)=O)cc(Cl)c1F. The van der Waals surface area contributed by atoms with Crippen molar-refractivity contribution in [1.82, 2.24) is 0 Å². The number of rotatable bonds is 2. The molecular weight excluding hydrogens is 191 g/mol. The lowest BCUT2D eigenvalue weighted by Crippen LogP contribution is -1.97. The third kappa shape index (κ3) is 2.07. The predicted octanol–water partition coefficient (Wildman–Crippen LogP) is 3.24. The molecule has 0 aliphatic rings. The summed E-state index contributed by atoms with van der Waals surface area (Å²) in [6.07, 6.45) is 0.534. The Bertz CT molecular complexity index is 347. The largest absolute Gasteiger partial charge is 0.295 e. The standard InChI is InChI=1S/C10H10ClFO/c1-3-7-4-8(6(2)13)5-9(11)10(7)12/h4-5H,3H2,1-2H3. The van der Waals surface area contributed by atoms with Gasteiger partial charge >= 0.3 is 0 Å². The van der Waals surface area contributed by atoms with Crippen molar-refractivity contribution in [3.8, 4) is 0 Å². The average Bonchev–Trinajstić information content (AvgIpc) is 2.09. The minimum atomic E-state index is -0.422. The van der Waals surface area contributed by atoms with Crippen molar-refractivity contribution < 1.29 is 9.18 Å². The van der Waals surface area contributed by atoms with Crippen LogP contribution in [0.5, 0.6) is 0 Å². The number of hydrogen-bond acceptors (Lipinski definition) is 1. The molecule has 0 aliphatic heterocycles. The lowest BCUT2D eigenvalue weighted by atomic mass is 10.1. The zero-order valence-electron chi connectivity index (χ0n) is 7.53. The van der Waals surface area contributed by atoms with E-state index in [1.807, 2.05) is 6.92 Å². The molecular formula is C10H10ClFO. The van der Waals surface area contributed by atoms with Crippen LogP contribution in [0.1, 0.15) is 29.8 Å². The molecule has 1 rings (SSSR count). The van der Waals surface area contributed by atoms with Crippen LogP contribution < -0.4 is 0 Å². The highest BCUT2D eigenvalue weighted by molar-refractivity contribution is 6.31. The smallest absolute Gasteiger partial charge is 0.159 e. The fourth-order valence-electron chi connectivity index (χ4n) is 1.11. The van der Waals surface area contributed by atoms with Crippen LogP contribution in [0.2, 0.25) is 5.02 Å². The Kier molecular flexibility index (Phi) is 3.04. The molecule has 0 fully saturated rings. The molecule has 0 atom stereocenters. The van der Waals surface area contributed by atoms with E-state index in [2.05, 4.69) is 0 Å². The van der Waals surface area contributed by atoms with E-state index in [-0.39, 0.29) is 10.8 Å². The predicted molar refractivity (Wildman–Crippen MR) is 50.8 cm³/mol. The molecule has 0 unspecified atom stereocenters. The van der Waals surface area contributed by atoms with E-state index in [0.717, 1.165) is 0 Å². The topological polar surface area (TPSA) is 17.1 Å². The zero-order chi connectivity index (χ0) is 10.0. The summed E-state index contributed by atoms with van der Waals surface area (Å²) in [5, 5.41) is 0.0181. The molecule has 0 aliphatic carbocycles. The molecule has 0 saturated heterocycles. The number of carbonyl (C=O) groups excluding carboxylic acids is 1. The molecule has 1 aromatic rings. The highest BCUT2D eigenvalue weighted by Crippen LogP contribution is 2.21. The number of ketones is 1. The first-order valence-electron chi connectivity index (χ1n) is 4.05. The summed E-state index contributed by atoms with van der Waals surface area (Å²) in [6, 6.07) is 2.90. The number of Topliss-reactive ketones (excluding diaryl/α,β-unsaturated/α-hetero) is 1. The minimum Gasteiger partial charge on any atom is -0.295 e. The Labute approximate surface area is 81.5 Å². The van der Waals surface area contributed by atoms with Crippen LogP contribution in [0, 0.1) is 5.82 Å². The van der Waals surface area contributed by atoms with Crippen LogP contribution in [0.3, 0.4) is 0 Å². The molecule has 1 aromatic carbocycles. The second-order valence-corrected chi connectivity index (χ2v) is 3.25. The quantitative estimate of drug-likeness (QED) is 0.670. The molecule has 0 N–H and O–H groups in total. The maximum atomic E-state index is 13.2. The van der Waals surface area contributed by atoms with Gasteiger partial charge in [-0.3, -0.25) is 4.79 Å². The van der Waals surface area contributed by atoms with E-state index in [4.69, 9.17) is 11.6 Å². The van der Waals surface area contributed by atoms with Crippen molar-refractivity contribution in [3.63, 3.8) is 0 Å². The third-order valence-corrected chi connectivity index (χ3v) is 2.17. The van der Waals surface area contributed by atoms with Gasteiger partial charge in [0.1, 0.15) is 5.82 Å². The molecule has 70 valence electrons. The molecule has 0 spiro atoms. The van der Waals surface area contributed by atoms with E-state index < -0.39 is 5.82 Å². The lowest BCUT2D eigenvalue weighted by molar-refractivity contribution is 0.101. The number of hydrogen-bond donors (Lipinski definition) is 0. The Morgan fingerprint density at radius 1 is 1.54 bits per heavy atom. The lowest BCUT2D eigenvalue weighted by Gasteiger charge is -2.04. The number of halogens is 2. The van der Waals surface area contributed by atoms with Gasteiger partial charge in [0.05, 0.1) is 5.02 Å². The highest BCUT2D eigenvalue weighted by Gasteiger charge is 2.09. The Morgan fingerprint density at radius 3 is 2.62 bits per heavy atom. The maximum Gasteiger partial charge on any atom is 0.159 e. The number of benzene rings is 1. The van der Waals surface area contributed by atoms with Gasteiger partial charge in [-0.2, -0.15) is 0 Å². The summed E-state index contributed by atoms with van der Waals surface area (Å²) in [5.74, 6) is -0.522. The molecule has 0 heterocycles. The van der Waals surface area contributed by atoms with Crippen LogP contribution in [0.25, 0.3) is 0 Å². The first-order chi connectivity index (χ1) is 6.06. The van der Waals surface area contributed by atoms with E-state index in [9.17, 15) is 9.18 Å². The minimum absolute atomic E-state index is 0.0181. The zero-order valence-corrected chi connectivity index (χ0v) is 8.28. The van der Waals surface area contributed by atoms with E-state index >= 15 is 0 Å². The molecule has 3 heteroatoms. The molecule has 1 nitrogen and oxygen atoms in total. The van der Waals surface area contributed by atoms with Gasteiger partial charge in [0.15, 0.2) is 5.78 Å². The molecule has 0 radical (unpaired) electrons. The summed E-state index contributed by atoms with van der Waals surface area (Å²) in [5.41, 5.74) is 0.945. The molecule has 0 amide bonds. The normalized spacial score (nSPS) is 10.2. The van der Waals surface area contributed by atoms with E-state index in [0.29, 0.717) is 17.5 Å². The van der Waals surface area contributed by atoms with Crippen LogP contribution in [0.15, 0.2) is 12.1 Å². The van der Waals surface area contributed by atoms with Gasteiger partial charge in [-0.15, -0.1) is 0 Å². The van der Waals surface area contributed by atoms with E-state index in [1.165, 1.54) is 13.0 Å². The fraction of sp³-hybridized carbons (Fsp3) is 0.300. The van der Waals surface area contributed by atoms with Gasteiger partial charge in [0, 0.05) is 5.56 Å². The van der Waals surface area contributed by atoms with Crippen LogP contribution >= 0.6 is 11.6 Å². The van der Waals surface area contributed by atoms with Gasteiger partial charge in [0.2, 0.25) is 0 Å². The van der Waals surface area contributed by atoms with Crippen molar-refractivity contribution in [3.05, 3.63) is 34.1 Å². The van der Waals surface area contributed by atoms with Crippen molar-refractivity contribution in [2.24, 2.45) is 0 Å². The van der Waals surface area contributed by atoms with Gasteiger partial charge in [-0.05, 0) is 31.0 Å². The first kappa shape index (κ1) is 10.2. The summed E-state index contributed by atoms with van der Waals surface area (Å²) < 4.78 is 13.2. The summed E-state index contributed by atoms with van der Waals surface area (Å²) in [7, 11) is 0. The summed E-state index contributed by atoms with van der Waals surface area (Å²) in [6.45, 7) is 3.25. The van der Waals surface area contributed by atoms with Crippen LogP contribution in [0.4, 0.5) is 4.39 Å². The van der Waals surface area contributed by atoms with Crippen molar-refractivity contribution >= 4 is 17.4 Å². The van der Waals surface area contributed by atoms with Gasteiger partial charge in [0.25, 0.3) is 0 Å². The average molecular weight is 201 g/mol. The first-order valence-corrected chi connectivity index (χ1v) is 4.43. The number of carbonyl (C=O) groups is 1. The van der Waals surface area contributed by atoms with Gasteiger partial charge in [-0.1, -0.05) is 18.5 Å². The Morgan fingerprint density at radius 2 is 2.15 bits per heavy atom. The summed E-state index contributed by atoms with van der Waals surface area (Å²) >= 11 is 5.61. The number of aryl methyl sites for hydroxylation is 1. The molecule has 0 saturated carbocycles. The molecule has 0 aromatic heterocycles. The van der Waals surface area contributed by atoms with Crippen molar-refractivity contribution in [2.75, 3.05) is 0 Å². The van der Waals surface area contributed by atoms with Crippen molar-refractivity contribution in [2.45, 2.75) is 20.3 Å². The van der Waals surface area contributed by atoms with Crippen molar-refractivity contribution in [1.29, 1.82) is 0 Å².